The van der Waals surface area contributed by atoms with E-state index >= 15 is 0 Å². The Bertz CT molecular complexity index is 624. The molecule has 4 nitrogen and oxygen atoms in total. The average molecular weight is 283 g/mol. The maximum absolute atomic E-state index is 12.3. The van der Waals surface area contributed by atoms with E-state index in [1.165, 1.54) is 42.5 Å². The van der Waals surface area contributed by atoms with E-state index < -0.39 is 11.3 Å². The molecular formula is C13H8F3NO3. The summed E-state index contributed by atoms with van der Waals surface area (Å²) in [6.45, 7) is 0. The van der Waals surface area contributed by atoms with Crippen molar-refractivity contribution in [1.82, 2.24) is 0 Å². The number of benzene rings is 2. The minimum absolute atomic E-state index is 0.136. The number of non-ortho nitro benzene ring substituents is 1. The van der Waals surface area contributed by atoms with Crippen LogP contribution in [0.3, 0.4) is 0 Å². The van der Waals surface area contributed by atoms with Gasteiger partial charge in [0, 0.05) is 17.7 Å². The van der Waals surface area contributed by atoms with Gasteiger partial charge < -0.3 is 4.74 Å². The van der Waals surface area contributed by atoms with Crippen molar-refractivity contribution in [3.63, 3.8) is 0 Å². The zero-order valence-electron chi connectivity index (χ0n) is 9.92. The van der Waals surface area contributed by atoms with Gasteiger partial charge in [0.15, 0.2) is 0 Å². The summed E-state index contributed by atoms with van der Waals surface area (Å²) in [6, 6.07) is 10.8. The highest BCUT2D eigenvalue weighted by atomic mass is 19.4. The number of ether oxygens (including phenoxy) is 1. The predicted molar refractivity (Wildman–Crippen MR) is 65.2 cm³/mol. The molecule has 0 amide bonds. The zero-order valence-corrected chi connectivity index (χ0v) is 9.92. The Morgan fingerprint density at radius 1 is 1.00 bits per heavy atom. The van der Waals surface area contributed by atoms with Gasteiger partial charge in [-0.1, -0.05) is 18.2 Å². The molecule has 0 saturated carbocycles. The van der Waals surface area contributed by atoms with Gasteiger partial charge in [0.2, 0.25) is 0 Å². The number of nitro groups is 1. The van der Waals surface area contributed by atoms with Gasteiger partial charge in [-0.3, -0.25) is 10.1 Å². The standard InChI is InChI=1S/C13H8F3NO3/c14-13(15,16)20-12-4-2-1-3-11(12)9-5-7-10(8-6-9)17(18)19/h1-8H. The Labute approximate surface area is 111 Å². The molecule has 0 aliphatic rings. The van der Waals surface area contributed by atoms with Gasteiger partial charge in [-0.2, -0.15) is 0 Å². The molecule has 0 aliphatic heterocycles. The number of hydrogen-bond acceptors (Lipinski definition) is 3. The lowest BCUT2D eigenvalue weighted by atomic mass is 10.0. The molecule has 7 heteroatoms. The minimum Gasteiger partial charge on any atom is -0.405 e. The predicted octanol–water partition coefficient (Wildman–Crippen LogP) is 4.16. The van der Waals surface area contributed by atoms with Crippen molar-refractivity contribution >= 4 is 5.69 Å². The second-order valence-corrected chi connectivity index (χ2v) is 3.85. The number of nitro benzene ring substituents is 1. The zero-order chi connectivity index (χ0) is 14.8. The van der Waals surface area contributed by atoms with Crippen LogP contribution >= 0.6 is 0 Å². The highest BCUT2D eigenvalue weighted by molar-refractivity contribution is 5.71. The molecule has 0 spiro atoms. The van der Waals surface area contributed by atoms with Crippen molar-refractivity contribution in [1.29, 1.82) is 0 Å². The molecule has 0 saturated heterocycles. The van der Waals surface area contributed by atoms with Gasteiger partial charge in [0.1, 0.15) is 5.75 Å². The summed E-state index contributed by atoms with van der Waals surface area (Å²) in [5.74, 6) is -0.353. The Hall–Kier alpha value is -2.57. The molecule has 0 radical (unpaired) electrons. The number of rotatable bonds is 3. The number of nitrogens with zero attached hydrogens (tertiary/aromatic N) is 1. The summed E-state index contributed by atoms with van der Waals surface area (Å²) in [5, 5.41) is 10.5. The molecule has 0 heterocycles. The van der Waals surface area contributed by atoms with Crippen LogP contribution < -0.4 is 4.74 Å². The van der Waals surface area contributed by atoms with Gasteiger partial charge in [-0.25, -0.2) is 0 Å². The first-order valence-corrected chi connectivity index (χ1v) is 5.46. The van der Waals surface area contributed by atoms with E-state index in [2.05, 4.69) is 4.74 Å². The van der Waals surface area contributed by atoms with Crippen LogP contribution in [0, 0.1) is 10.1 Å². The molecule has 0 bridgehead atoms. The molecule has 2 aromatic carbocycles. The van der Waals surface area contributed by atoms with E-state index in [9.17, 15) is 23.3 Å². The first kappa shape index (κ1) is 13.9. The van der Waals surface area contributed by atoms with Crippen molar-refractivity contribution in [2.75, 3.05) is 0 Å². The molecule has 0 aliphatic carbocycles. The van der Waals surface area contributed by atoms with E-state index in [1.807, 2.05) is 0 Å². The number of alkyl halides is 3. The molecule has 104 valence electrons. The molecule has 2 aromatic rings. The van der Waals surface area contributed by atoms with Crippen molar-refractivity contribution in [2.45, 2.75) is 6.36 Å². The average Bonchev–Trinajstić information content (AvgIpc) is 2.37. The normalized spacial score (nSPS) is 11.2. The minimum atomic E-state index is -4.79. The summed E-state index contributed by atoms with van der Waals surface area (Å²) in [4.78, 5) is 9.95. The number of para-hydroxylation sites is 1. The number of halogens is 3. The largest absolute Gasteiger partial charge is 0.573 e. The van der Waals surface area contributed by atoms with Crippen LogP contribution in [0.5, 0.6) is 5.75 Å². The molecule has 2 rings (SSSR count). The van der Waals surface area contributed by atoms with Crippen LogP contribution in [-0.4, -0.2) is 11.3 Å². The smallest absolute Gasteiger partial charge is 0.405 e. The van der Waals surface area contributed by atoms with Crippen molar-refractivity contribution in [3.05, 3.63) is 58.6 Å². The van der Waals surface area contributed by atoms with E-state index in [-0.39, 0.29) is 17.0 Å². The highest BCUT2D eigenvalue weighted by Gasteiger charge is 2.32. The van der Waals surface area contributed by atoms with Crippen LogP contribution in [0.2, 0.25) is 0 Å². The lowest BCUT2D eigenvalue weighted by Gasteiger charge is -2.13. The number of hydrogen-bond donors (Lipinski definition) is 0. The summed E-state index contributed by atoms with van der Waals surface area (Å²) < 4.78 is 40.8. The van der Waals surface area contributed by atoms with Crippen LogP contribution in [0.4, 0.5) is 18.9 Å². The quantitative estimate of drug-likeness (QED) is 0.627. The summed E-state index contributed by atoms with van der Waals surface area (Å²) in [7, 11) is 0. The molecule has 0 fully saturated rings. The topological polar surface area (TPSA) is 52.4 Å². The third kappa shape index (κ3) is 3.25. The molecule has 0 N–H and O–H groups in total. The van der Waals surface area contributed by atoms with Gasteiger partial charge in [-0.15, -0.1) is 13.2 Å². The summed E-state index contributed by atoms with van der Waals surface area (Å²) in [5.41, 5.74) is 0.471. The monoisotopic (exact) mass is 283 g/mol. The second kappa shape index (κ2) is 5.20. The lowest BCUT2D eigenvalue weighted by molar-refractivity contribution is -0.384. The Balaban J connectivity index is 2.39. The summed E-state index contributed by atoms with van der Waals surface area (Å²) in [6.07, 6.45) is -4.79. The van der Waals surface area contributed by atoms with E-state index in [0.29, 0.717) is 5.56 Å². The third-order valence-corrected chi connectivity index (χ3v) is 2.50. The fraction of sp³-hybridized carbons (Fsp3) is 0.0769. The SMILES string of the molecule is O=[N+]([O-])c1ccc(-c2ccccc2OC(F)(F)F)cc1. The highest BCUT2D eigenvalue weighted by Crippen LogP contribution is 2.34. The van der Waals surface area contributed by atoms with E-state index in [0.717, 1.165) is 0 Å². The Morgan fingerprint density at radius 2 is 1.60 bits per heavy atom. The van der Waals surface area contributed by atoms with E-state index in [1.54, 1.807) is 6.07 Å². The van der Waals surface area contributed by atoms with Gasteiger partial charge in [0.05, 0.1) is 4.92 Å². The van der Waals surface area contributed by atoms with Crippen molar-refractivity contribution in [3.8, 4) is 16.9 Å². The van der Waals surface area contributed by atoms with Gasteiger partial charge >= 0.3 is 6.36 Å². The second-order valence-electron chi connectivity index (χ2n) is 3.85. The van der Waals surface area contributed by atoms with E-state index in [4.69, 9.17) is 0 Å². The van der Waals surface area contributed by atoms with Gasteiger partial charge in [-0.05, 0) is 23.8 Å². The molecule has 0 aromatic heterocycles. The maximum atomic E-state index is 12.3. The molecule has 20 heavy (non-hydrogen) atoms. The van der Waals surface area contributed by atoms with Crippen molar-refractivity contribution in [2.24, 2.45) is 0 Å². The fourth-order valence-corrected chi connectivity index (χ4v) is 1.68. The van der Waals surface area contributed by atoms with Crippen LogP contribution in [0.25, 0.3) is 11.1 Å². The Kier molecular flexibility index (Phi) is 3.60. The molecular weight excluding hydrogens is 275 g/mol. The van der Waals surface area contributed by atoms with Crippen LogP contribution in [0.15, 0.2) is 48.5 Å². The first-order valence-electron chi connectivity index (χ1n) is 5.46. The van der Waals surface area contributed by atoms with Crippen LogP contribution in [-0.2, 0) is 0 Å². The summed E-state index contributed by atoms with van der Waals surface area (Å²) >= 11 is 0. The molecule has 0 unspecified atom stereocenters. The van der Waals surface area contributed by atoms with Crippen molar-refractivity contribution < 1.29 is 22.8 Å². The fourth-order valence-electron chi connectivity index (χ4n) is 1.68. The van der Waals surface area contributed by atoms with Gasteiger partial charge in [0.25, 0.3) is 5.69 Å². The maximum Gasteiger partial charge on any atom is 0.573 e. The lowest BCUT2D eigenvalue weighted by Crippen LogP contribution is -2.17. The Morgan fingerprint density at radius 3 is 2.15 bits per heavy atom. The molecule has 0 atom stereocenters. The third-order valence-electron chi connectivity index (χ3n) is 2.50. The first-order chi connectivity index (χ1) is 9.37. The van der Waals surface area contributed by atoms with Crippen LogP contribution in [0.1, 0.15) is 0 Å².